The minimum atomic E-state index is 0.553. The summed E-state index contributed by atoms with van der Waals surface area (Å²) in [5.41, 5.74) is 7.64. The monoisotopic (exact) mass is 321 g/mol. The molecule has 2 aromatic rings. The van der Waals surface area contributed by atoms with E-state index in [9.17, 15) is 0 Å². The summed E-state index contributed by atoms with van der Waals surface area (Å²) >= 11 is 3.62. The first-order valence-electron chi connectivity index (χ1n) is 6.36. The fraction of sp³-hybridized carbons (Fsp3) is 0.357. The van der Waals surface area contributed by atoms with Crippen molar-refractivity contribution in [2.24, 2.45) is 0 Å². The van der Waals surface area contributed by atoms with Gasteiger partial charge in [-0.1, -0.05) is 0 Å². The van der Waals surface area contributed by atoms with Crippen molar-refractivity contribution in [1.29, 1.82) is 0 Å². The van der Waals surface area contributed by atoms with Crippen LogP contribution in [0.1, 0.15) is 24.2 Å². The third-order valence-electron chi connectivity index (χ3n) is 3.45. The second-order valence-electron chi connectivity index (χ2n) is 4.91. The zero-order valence-electron chi connectivity index (χ0n) is 10.8. The summed E-state index contributed by atoms with van der Waals surface area (Å²) in [4.78, 5) is 6.78. The quantitative estimate of drug-likeness (QED) is 0.936. The molecule has 0 amide bonds. The van der Waals surface area contributed by atoms with Crippen LogP contribution in [0.2, 0.25) is 0 Å². The first-order chi connectivity index (χ1) is 9.16. The van der Waals surface area contributed by atoms with Crippen LogP contribution >= 0.6 is 15.9 Å². The summed E-state index contributed by atoms with van der Waals surface area (Å²) in [6.45, 7) is 2.75. The highest BCUT2D eigenvalue weighted by Crippen LogP contribution is 2.38. The molecule has 0 saturated heterocycles. The van der Waals surface area contributed by atoms with E-state index in [4.69, 9.17) is 10.2 Å². The predicted octanol–water partition coefficient (Wildman–Crippen LogP) is 3.50. The van der Waals surface area contributed by atoms with Gasteiger partial charge in [-0.2, -0.15) is 0 Å². The number of hydrogen-bond donors (Lipinski definition) is 1. The van der Waals surface area contributed by atoms with Crippen LogP contribution in [0.15, 0.2) is 33.5 Å². The summed E-state index contributed by atoms with van der Waals surface area (Å²) in [7, 11) is 0. The van der Waals surface area contributed by atoms with E-state index in [0.717, 1.165) is 28.2 Å². The number of aromatic nitrogens is 1. The third kappa shape index (κ3) is 2.47. The number of halogens is 1. The molecule has 1 saturated carbocycles. The Morgan fingerprint density at radius 3 is 2.95 bits per heavy atom. The van der Waals surface area contributed by atoms with Crippen molar-refractivity contribution < 1.29 is 4.42 Å². The molecule has 4 nitrogen and oxygen atoms in total. The van der Waals surface area contributed by atoms with Gasteiger partial charge in [0, 0.05) is 6.04 Å². The number of pyridine rings is 1. The van der Waals surface area contributed by atoms with E-state index >= 15 is 0 Å². The largest absolute Gasteiger partial charge is 0.467 e. The number of rotatable bonds is 4. The van der Waals surface area contributed by atoms with Gasteiger partial charge in [0.05, 0.1) is 29.2 Å². The van der Waals surface area contributed by atoms with E-state index in [-0.39, 0.29) is 0 Å². The van der Waals surface area contributed by atoms with Crippen LogP contribution in [0.5, 0.6) is 0 Å². The number of hydrogen-bond acceptors (Lipinski definition) is 4. The Bertz CT molecular complexity index is 579. The van der Waals surface area contributed by atoms with Gasteiger partial charge in [-0.25, -0.2) is 4.98 Å². The van der Waals surface area contributed by atoms with E-state index in [1.54, 1.807) is 12.5 Å². The molecule has 0 unspecified atom stereocenters. The van der Waals surface area contributed by atoms with Gasteiger partial charge in [0.1, 0.15) is 11.6 Å². The fourth-order valence-electron chi connectivity index (χ4n) is 2.11. The molecular weight excluding hydrogens is 306 g/mol. The van der Waals surface area contributed by atoms with E-state index in [1.165, 1.54) is 12.8 Å². The van der Waals surface area contributed by atoms with Gasteiger partial charge in [0.2, 0.25) is 0 Å². The highest BCUT2D eigenvalue weighted by molar-refractivity contribution is 9.10. The molecule has 1 aliphatic carbocycles. The third-order valence-corrected chi connectivity index (χ3v) is 4.40. The Morgan fingerprint density at radius 2 is 2.32 bits per heavy atom. The van der Waals surface area contributed by atoms with Crippen molar-refractivity contribution >= 4 is 27.4 Å². The molecule has 0 spiro atoms. The van der Waals surface area contributed by atoms with Gasteiger partial charge in [0.25, 0.3) is 0 Å². The second-order valence-corrected chi connectivity index (χ2v) is 5.71. The summed E-state index contributed by atoms with van der Waals surface area (Å²) in [6.07, 6.45) is 5.85. The van der Waals surface area contributed by atoms with Gasteiger partial charge in [-0.3, -0.25) is 0 Å². The molecule has 0 bridgehead atoms. The Kier molecular flexibility index (Phi) is 3.22. The van der Waals surface area contributed by atoms with Crippen LogP contribution in [0.25, 0.3) is 0 Å². The number of nitrogens with two attached hydrogens (primary N) is 1. The van der Waals surface area contributed by atoms with E-state index in [2.05, 4.69) is 25.8 Å². The molecule has 0 aliphatic heterocycles. The SMILES string of the molecule is Cc1c(N)cnc(N(Cc2ccco2)C2CC2)c1Br. The van der Waals surface area contributed by atoms with Crippen molar-refractivity contribution in [3.63, 3.8) is 0 Å². The average Bonchev–Trinajstić information content (AvgIpc) is 3.12. The smallest absolute Gasteiger partial charge is 0.143 e. The number of furan rings is 1. The molecule has 2 aromatic heterocycles. The molecule has 0 atom stereocenters. The Morgan fingerprint density at radius 1 is 1.53 bits per heavy atom. The van der Waals surface area contributed by atoms with Crippen LogP contribution in [-0.4, -0.2) is 11.0 Å². The summed E-state index contributed by atoms with van der Waals surface area (Å²) in [5.74, 6) is 1.90. The second kappa shape index (κ2) is 4.89. The normalized spacial score (nSPS) is 14.6. The molecule has 1 fully saturated rings. The lowest BCUT2D eigenvalue weighted by Crippen LogP contribution is -2.26. The van der Waals surface area contributed by atoms with Crippen LogP contribution in [-0.2, 0) is 6.54 Å². The molecule has 19 heavy (non-hydrogen) atoms. The number of nitrogens with zero attached hydrogens (tertiary/aromatic N) is 2. The molecule has 3 rings (SSSR count). The molecule has 100 valence electrons. The Balaban J connectivity index is 1.94. The van der Waals surface area contributed by atoms with Crippen molar-refractivity contribution in [2.75, 3.05) is 10.6 Å². The Hall–Kier alpha value is -1.49. The van der Waals surface area contributed by atoms with Gasteiger partial charge >= 0.3 is 0 Å². The van der Waals surface area contributed by atoms with Crippen molar-refractivity contribution in [2.45, 2.75) is 32.4 Å². The zero-order chi connectivity index (χ0) is 13.4. The lowest BCUT2D eigenvalue weighted by atomic mass is 10.2. The first kappa shape index (κ1) is 12.5. The minimum absolute atomic E-state index is 0.553. The van der Waals surface area contributed by atoms with Crippen LogP contribution in [0.3, 0.4) is 0 Å². The minimum Gasteiger partial charge on any atom is -0.467 e. The van der Waals surface area contributed by atoms with Crippen molar-refractivity contribution in [1.82, 2.24) is 4.98 Å². The maximum atomic E-state index is 5.89. The van der Waals surface area contributed by atoms with Crippen molar-refractivity contribution in [3.8, 4) is 0 Å². The molecule has 2 heterocycles. The van der Waals surface area contributed by atoms with Crippen LogP contribution < -0.4 is 10.6 Å². The number of nitrogen functional groups attached to an aromatic ring is 1. The van der Waals surface area contributed by atoms with E-state index < -0.39 is 0 Å². The first-order valence-corrected chi connectivity index (χ1v) is 7.15. The van der Waals surface area contributed by atoms with Crippen LogP contribution in [0.4, 0.5) is 11.5 Å². The maximum absolute atomic E-state index is 5.89. The van der Waals surface area contributed by atoms with Gasteiger partial charge in [-0.15, -0.1) is 0 Å². The molecule has 5 heteroatoms. The average molecular weight is 322 g/mol. The summed E-state index contributed by atoms with van der Waals surface area (Å²) < 4.78 is 6.43. The zero-order valence-corrected chi connectivity index (χ0v) is 12.4. The predicted molar refractivity (Wildman–Crippen MR) is 79.0 cm³/mol. The van der Waals surface area contributed by atoms with Crippen LogP contribution in [0, 0.1) is 6.92 Å². The fourth-order valence-corrected chi connectivity index (χ4v) is 2.67. The molecule has 1 aliphatic rings. The van der Waals surface area contributed by atoms with E-state index in [1.807, 2.05) is 19.1 Å². The van der Waals surface area contributed by atoms with Crippen molar-refractivity contribution in [3.05, 3.63) is 40.4 Å². The highest BCUT2D eigenvalue weighted by atomic mass is 79.9. The number of anilines is 2. The Labute approximate surface area is 120 Å². The highest BCUT2D eigenvalue weighted by Gasteiger charge is 2.32. The standard InChI is InChI=1S/C14H16BrN3O/c1-9-12(16)7-17-14(13(9)15)18(10-4-5-10)8-11-3-2-6-19-11/h2-3,6-7,10H,4-5,8,16H2,1H3. The summed E-state index contributed by atoms with van der Waals surface area (Å²) in [6, 6.07) is 4.46. The maximum Gasteiger partial charge on any atom is 0.143 e. The van der Waals surface area contributed by atoms with Gasteiger partial charge in [-0.05, 0) is 53.4 Å². The van der Waals surface area contributed by atoms with Gasteiger partial charge in [0.15, 0.2) is 0 Å². The van der Waals surface area contributed by atoms with E-state index in [0.29, 0.717) is 11.7 Å². The molecule has 0 radical (unpaired) electrons. The van der Waals surface area contributed by atoms with Gasteiger partial charge < -0.3 is 15.1 Å². The molecule has 2 N–H and O–H groups in total. The topological polar surface area (TPSA) is 55.3 Å². The molecular formula is C14H16BrN3O. The lowest BCUT2D eigenvalue weighted by molar-refractivity contribution is 0.500. The summed E-state index contributed by atoms with van der Waals surface area (Å²) in [5, 5.41) is 0. The lowest BCUT2D eigenvalue weighted by Gasteiger charge is -2.24. The molecule has 0 aromatic carbocycles.